The van der Waals surface area contributed by atoms with E-state index in [9.17, 15) is 4.79 Å². The van der Waals surface area contributed by atoms with Crippen molar-refractivity contribution in [2.45, 2.75) is 12.8 Å². The van der Waals surface area contributed by atoms with Crippen molar-refractivity contribution in [3.05, 3.63) is 11.6 Å². The Hall–Kier alpha value is -0.940. The van der Waals surface area contributed by atoms with Crippen LogP contribution < -0.4 is 5.32 Å². The van der Waals surface area contributed by atoms with Crippen LogP contribution in [0.2, 0.25) is 0 Å². The molecule has 0 saturated carbocycles. The Morgan fingerprint density at radius 1 is 1.75 bits per heavy atom. The van der Waals surface area contributed by atoms with Crippen molar-refractivity contribution < 1.29 is 9.90 Å². The van der Waals surface area contributed by atoms with E-state index >= 15 is 0 Å². The standard InChI is InChI=1S/C7H10N2O2S/c10-3-1-2-7(11)9-6-4-8-12-5-6/h4-5,10H,1-3H2,(H,9,11). The summed E-state index contributed by atoms with van der Waals surface area (Å²) in [7, 11) is 0. The monoisotopic (exact) mass is 186 g/mol. The number of aliphatic hydroxyl groups excluding tert-OH is 1. The summed E-state index contributed by atoms with van der Waals surface area (Å²) in [5, 5.41) is 12.9. The molecule has 1 amide bonds. The van der Waals surface area contributed by atoms with Gasteiger partial charge >= 0.3 is 0 Å². The lowest BCUT2D eigenvalue weighted by Gasteiger charge is -1.99. The Balaban J connectivity index is 2.27. The van der Waals surface area contributed by atoms with Crippen LogP contribution in [0.4, 0.5) is 5.69 Å². The van der Waals surface area contributed by atoms with E-state index in [-0.39, 0.29) is 12.5 Å². The second-order valence-electron chi connectivity index (χ2n) is 2.29. The maximum atomic E-state index is 11.0. The van der Waals surface area contributed by atoms with Crippen LogP contribution in [-0.4, -0.2) is 22.0 Å². The molecule has 66 valence electrons. The summed E-state index contributed by atoms with van der Waals surface area (Å²) < 4.78 is 3.83. The van der Waals surface area contributed by atoms with E-state index < -0.39 is 0 Å². The Kier molecular flexibility index (Phi) is 3.69. The molecule has 1 aromatic rings. The number of anilines is 1. The molecule has 0 saturated heterocycles. The molecule has 0 aliphatic rings. The van der Waals surface area contributed by atoms with Gasteiger partial charge in [-0.05, 0) is 18.0 Å². The fourth-order valence-corrected chi connectivity index (χ4v) is 1.20. The van der Waals surface area contributed by atoms with Gasteiger partial charge in [-0.15, -0.1) is 0 Å². The second-order valence-corrected chi connectivity index (χ2v) is 2.95. The highest BCUT2D eigenvalue weighted by molar-refractivity contribution is 7.04. The van der Waals surface area contributed by atoms with E-state index in [4.69, 9.17) is 5.11 Å². The lowest BCUT2D eigenvalue weighted by molar-refractivity contribution is -0.116. The molecule has 0 bridgehead atoms. The first-order valence-corrected chi connectivity index (χ1v) is 4.46. The van der Waals surface area contributed by atoms with E-state index in [2.05, 4.69) is 9.69 Å². The van der Waals surface area contributed by atoms with Crippen molar-refractivity contribution in [1.29, 1.82) is 0 Å². The van der Waals surface area contributed by atoms with E-state index in [1.54, 1.807) is 11.6 Å². The molecule has 5 heteroatoms. The minimum atomic E-state index is -0.0794. The van der Waals surface area contributed by atoms with Gasteiger partial charge in [0.1, 0.15) is 0 Å². The van der Waals surface area contributed by atoms with Gasteiger partial charge in [0.15, 0.2) is 0 Å². The first-order valence-electron chi connectivity index (χ1n) is 3.63. The molecule has 1 aromatic heterocycles. The predicted molar refractivity (Wildman–Crippen MR) is 47.1 cm³/mol. The van der Waals surface area contributed by atoms with E-state index in [0.29, 0.717) is 12.8 Å². The quantitative estimate of drug-likeness (QED) is 0.733. The van der Waals surface area contributed by atoms with E-state index in [1.165, 1.54) is 11.5 Å². The summed E-state index contributed by atoms with van der Waals surface area (Å²) in [5.41, 5.74) is 0.725. The Morgan fingerprint density at radius 3 is 3.17 bits per heavy atom. The molecule has 0 unspecified atom stereocenters. The third-order valence-electron chi connectivity index (χ3n) is 1.28. The number of hydrogen-bond donors (Lipinski definition) is 2. The molecule has 0 aromatic carbocycles. The number of carbonyl (C=O) groups is 1. The minimum Gasteiger partial charge on any atom is -0.396 e. The van der Waals surface area contributed by atoms with Crippen LogP contribution in [0.1, 0.15) is 12.8 Å². The van der Waals surface area contributed by atoms with Crippen molar-refractivity contribution in [2.24, 2.45) is 0 Å². The molecular weight excluding hydrogens is 176 g/mol. The van der Waals surface area contributed by atoms with Gasteiger partial charge in [0.2, 0.25) is 5.91 Å². The summed E-state index contributed by atoms with van der Waals surface area (Å²) in [4.78, 5) is 11.0. The molecule has 0 spiro atoms. The first kappa shape index (κ1) is 9.15. The molecule has 1 rings (SSSR count). The van der Waals surface area contributed by atoms with Crippen molar-refractivity contribution in [3.8, 4) is 0 Å². The summed E-state index contributed by atoms with van der Waals surface area (Å²) in [5.74, 6) is -0.0794. The number of amides is 1. The SMILES string of the molecule is O=C(CCCO)Nc1cnsc1. The Bertz CT molecular complexity index is 236. The van der Waals surface area contributed by atoms with Gasteiger partial charge < -0.3 is 10.4 Å². The molecule has 0 fully saturated rings. The zero-order valence-electron chi connectivity index (χ0n) is 6.49. The summed E-state index contributed by atoms with van der Waals surface area (Å²) >= 11 is 1.29. The summed E-state index contributed by atoms with van der Waals surface area (Å²) in [6.45, 7) is 0.0509. The molecule has 4 nitrogen and oxygen atoms in total. The highest BCUT2D eigenvalue weighted by atomic mass is 32.1. The van der Waals surface area contributed by atoms with Gasteiger partial charge in [0.05, 0.1) is 11.9 Å². The van der Waals surface area contributed by atoms with Crippen LogP contribution in [0.25, 0.3) is 0 Å². The highest BCUT2D eigenvalue weighted by Crippen LogP contribution is 2.08. The number of nitrogens with one attached hydrogen (secondary N) is 1. The second kappa shape index (κ2) is 4.84. The molecular formula is C7H10N2O2S. The van der Waals surface area contributed by atoms with Gasteiger partial charge in [0.25, 0.3) is 0 Å². The largest absolute Gasteiger partial charge is 0.396 e. The van der Waals surface area contributed by atoms with Gasteiger partial charge in [-0.2, -0.15) is 4.37 Å². The maximum Gasteiger partial charge on any atom is 0.224 e. The summed E-state index contributed by atoms with van der Waals surface area (Å²) in [6, 6.07) is 0. The average molecular weight is 186 g/mol. The van der Waals surface area contributed by atoms with Crippen LogP contribution in [0.5, 0.6) is 0 Å². The van der Waals surface area contributed by atoms with Gasteiger partial charge in [-0.3, -0.25) is 4.79 Å². The number of nitrogens with zero attached hydrogens (tertiary/aromatic N) is 1. The first-order chi connectivity index (χ1) is 5.83. The topological polar surface area (TPSA) is 62.2 Å². The lowest BCUT2D eigenvalue weighted by atomic mass is 10.3. The van der Waals surface area contributed by atoms with E-state index in [1.807, 2.05) is 0 Å². The molecule has 2 N–H and O–H groups in total. The van der Waals surface area contributed by atoms with Crippen molar-refractivity contribution in [3.63, 3.8) is 0 Å². The van der Waals surface area contributed by atoms with Gasteiger partial charge in [0, 0.05) is 18.4 Å². The zero-order chi connectivity index (χ0) is 8.81. The van der Waals surface area contributed by atoms with Crippen LogP contribution in [0, 0.1) is 0 Å². The van der Waals surface area contributed by atoms with Gasteiger partial charge in [-0.1, -0.05) is 0 Å². The van der Waals surface area contributed by atoms with Crippen molar-refractivity contribution in [1.82, 2.24) is 4.37 Å². The number of aromatic nitrogens is 1. The Morgan fingerprint density at radius 2 is 2.58 bits per heavy atom. The number of hydrogen-bond acceptors (Lipinski definition) is 4. The maximum absolute atomic E-state index is 11.0. The van der Waals surface area contributed by atoms with Gasteiger partial charge in [-0.25, -0.2) is 0 Å². The number of carbonyl (C=O) groups excluding carboxylic acids is 1. The molecule has 0 aliphatic heterocycles. The molecule has 0 radical (unpaired) electrons. The highest BCUT2D eigenvalue weighted by Gasteiger charge is 2.01. The van der Waals surface area contributed by atoms with Crippen molar-refractivity contribution >= 4 is 23.1 Å². The summed E-state index contributed by atoms with van der Waals surface area (Å²) in [6.07, 6.45) is 2.46. The molecule has 1 heterocycles. The minimum absolute atomic E-state index is 0.0509. The Labute approximate surface area is 74.4 Å². The van der Waals surface area contributed by atoms with Crippen LogP contribution in [0.3, 0.4) is 0 Å². The molecule has 0 aliphatic carbocycles. The predicted octanol–water partition coefficient (Wildman–Crippen LogP) is 0.854. The third kappa shape index (κ3) is 2.98. The average Bonchev–Trinajstić information content (AvgIpc) is 2.53. The smallest absolute Gasteiger partial charge is 0.224 e. The fourth-order valence-electron chi connectivity index (χ4n) is 0.730. The fraction of sp³-hybridized carbons (Fsp3) is 0.429. The van der Waals surface area contributed by atoms with Crippen LogP contribution in [-0.2, 0) is 4.79 Å². The van der Waals surface area contributed by atoms with Crippen molar-refractivity contribution in [2.75, 3.05) is 11.9 Å². The van der Waals surface area contributed by atoms with E-state index in [0.717, 1.165) is 5.69 Å². The third-order valence-corrected chi connectivity index (χ3v) is 1.86. The van der Waals surface area contributed by atoms with Crippen LogP contribution in [0.15, 0.2) is 11.6 Å². The lowest BCUT2D eigenvalue weighted by Crippen LogP contribution is -2.10. The number of rotatable bonds is 4. The van der Waals surface area contributed by atoms with Crippen LogP contribution >= 0.6 is 11.5 Å². The number of aliphatic hydroxyl groups is 1. The molecule has 12 heavy (non-hydrogen) atoms. The zero-order valence-corrected chi connectivity index (χ0v) is 7.30. The normalized spacial score (nSPS) is 9.75. The molecule has 0 atom stereocenters.